The molecule has 9 nitrogen and oxygen atoms in total. The Balaban J connectivity index is 2.04. The Morgan fingerprint density at radius 2 is 1.30 bits per heavy atom. The van der Waals surface area contributed by atoms with Crippen molar-refractivity contribution in [3.05, 3.63) is 65.7 Å². The number of amides is 4. The van der Waals surface area contributed by atoms with Gasteiger partial charge in [0.1, 0.15) is 30.5 Å². The molecule has 0 aliphatic rings. The van der Waals surface area contributed by atoms with Crippen LogP contribution in [-0.4, -0.2) is 59.7 Å². The fourth-order valence-corrected chi connectivity index (χ4v) is 5.37. The summed E-state index contributed by atoms with van der Waals surface area (Å²) in [6.07, 6.45) is 8.76. The molecule has 0 unspecified atom stereocenters. The lowest BCUT2D eigenvalue weighted by Gasteiger charge is -2.29. The minimum atomic E-state index is -0.890. The molecule has 0 heterocycles. The van der Waals surface area contributed by atoms with Crippen LogP contribution in [0, 0.1) is 5.92 Å². The van der Waals surface area contributed by atoms with Crippen molar-refractivity contribution in [3.8, 4) is 5.75 Å². The first-order chi connectivity index (χ1) is 22.5. The van der Waals surface area contributed by atoms with E-state index in [4.69, 9.17) is 4.74 Å². The van der Waals surface area contributed by atoms with E-state index < -0.39 is 29.9 Å². The van der Waals surface area contributed by atoms with Gasteiger partial charge in [0.2, 0.25) is 23.6 Å². The van der Waals surface area contributed by atoms with Gasteiger partial charge in [0.15, 0.2) is 0 Å². The molecule has 0 bridgehead atoms. The predicted octanol–water partition coefficient (Wildman–Crippen LogP) is 5.95. The summed E-state index contributed by atoms with van der Waals surface area (Å²) >= 11 is 0. The predicted molar refractivity (Wildman–Crippen MR) is 188 cm³/mol. The highest BCUT2D eigenvalue weighted by Gasteiger charge is 2.31. The van der Waals surface area contributed by atoms with Crippen LogP contribution in [0.3, 0.4) is 0 Å². The van der Waals surface area contributed by atoms with Gasteiger partial charge < -0.3 is 25.6 Å². The smallest absolute Gasteiger partial charge is 0.244 e. The summed E-state index contributed by atoms with van der Waals surface area (Å²) in [7, 11) is 0. The number of benzene rings is 2. The Morgan fingerprint density at radius 1 is 0.702 bits per heavy atom. The van der Waals surface area contributed by atoms with Gasteiger partial charge in [0.05, 0.1) is 0 Å². The second-order valence-electron chi connectivity index (χ2n) is 12.8. The van der Waals surface area contributed by atoms with E-state index in [2.05, 4.69) is 29.8 Å². The molecule has 0 radical (unpaired) electrons. The Bertz CT molecular complexity index is 1210. The van der Waals surface area contributed by atoms with Crippen LogP contribution in [-0.2, 0) is 32.2 Å². The summed E-state index contributed by atoms with van der Waals surface area (Å²) in [5.41, 5.74) is 1.89. The van der Waals surface area contributed by atoms with Crippen LogP contribution in [0.25, 0.3) is 0 Å². The van der Waals surface area contributed by atoms with Crippen molar-refractivity contribution in [2.24, 2.45) is 5.92 Å². The summed E-state index contributed by atoms with van der Waals surface area (Å²) in [6.45, 7) is 12.9. The minimum absolute atomic E-state index is 0.104. The standard InChI is InChI=1S/C38H58N4O5/c1-7-9-11-16-24-42(25-17-12-10-8-2)38(46)29(5)39-37(45)35(28(3)4)41-36(44)34(40-30(6)43)26-31-20-22-33(23-21-31)47-27-32-18-14-13-15-19-32/h13-15,18-23,28-29,34-35H,7-12,16-17,24-27H2,1-6H3,(H,39,45)(H,40,43)(H,41,44)/t29-,34+,35+/m0/s1. The topological polar surface area (TPSA) is 117 Å². The van der Waals surface area contributed by atoms with Crippen molar-refractivity contribution in [2.75, 3.05) is 13.1 Å². The van der Waals surface area contributed by atoms with Crippen molar-refractivity contribution >= 4 is 23.6 Å². The van der Waals surface area contributed by atoms with Crippen LogP contribution in [0.5, 0.6) is 5.75 Å². The van der Waals surface area contributed by atoms with E-state index in [0.29, 0.717) is 25.4 Å². The van der Waals surface area contributed by atoms with Crippen LogP contribution in [0.1, 0.15) is 104 Å². The van der Waals surface area contributed by atoms with Gasteiger partial charge in [-0.3, -0.25) is 19.2 Å². The molecule has 9 heteroatoms. The number of nitrogens with zero attached hydrogens (tertiary/aromatic N) is 1. The van der Waals surface area contributed by atoms with Gasteiger partial charge in [-0.15, -0.1) is 0 Å². The SMILES string of the molecule is CCCCCCN(CCCCCC)C(=O)[C@H](C)NC(=O)[C@H](NC(=O)[C@@H](Cc1ccc(OCc2ccccc2)cc1)NC(C)=O)C(C)C. The van der Waals surface area contributed by atoms with Gasteiger partial charge in [0.25, 0.3) is 0 Å². The highest BCUT2D eigenvalue weighted by atomic mass is 16.5. The molecular weight excluding hydrogens is 592 g/mol. The zero-order valence-corrected chi connectivity index (χ0v) is 29.5. The molecule has 0 aliphatic heterocycles. The lowest BCUT2D eigenvalue weighted by molar-refractivity contribution is -0.137. The zero-order valence-electron chi connectivity index (χ0n) is 29.5. The van der Waals surface area contributed by atoms with Crippen LogP contribution in [0.15, 0.2) is 54.6 Å². The van der Waals surface area contributed by atoms with Crippen LogP contribution in [0.4, 0.5) is 0 Å². The summed E-state index contributed by atoms with van der Waals surface area (Å²) < 4.78 is 5.87. The number of carbonyl (C=O) groups excluding carboxylic acids is 4. The lowest BCUT2D eigenvalue weighted by atomic mass is 10.0. The fourth-order valence-electron chi connectivity index (χ4n) is 5.37. The monoisotopic (exact) mass is 650 g/mol. The number of hydrogen-bond acceptors (Lipinski definition) is 5. The molecule has 0 saturated heterocycles. The van der Waals surface area contributed by atoms with Crippen LogP contribution >= 0.6 is 0 Å². The molecule has 0 aliphatic carbocycles. The van der Waals surface area contributed by atoms with Gasteiger partial charge >= 0.3 is 0 Å². The number of ether oxygens (including phenoxy) is 1. The second-order valence-corrected chi connectivity index (χ2v) is 12.8. The van der Waals surface area contributed by atoms with Gasteiger partial charge in [-0.2, -0.15) is 0 Å². The molecule has 0 aromatic heterocycles. The average Bonchev–Trinajstić information content (AvgIpc) is 3.05. The zero-order chi connectivity index (χ0) is 34.6. The van der Waals surface area contributed by atoms with Crippen molar-refractivity contribution in [3.63, 3.8) is 0 Å². The minimum Gasteiger partial charge on any atom is -0.489 e. The first kappa shape index (κ1) is 39.3. The summed E-state index contributed by atoms with van der Waals surface area (Å²) in [6, 6.07) is 14.8. The van der Waals surface area contributed by atoms with Crippen LogP contribution in [0.2, 0.25) is 0 Å². The first-order valence-corrected chi connectivity index (χ1v) is 17.5. The molecule has 0 spiro atoms. The van der Waals surface area contributed by atoms with E-state index >= 15 is 0 Å². The van der Waals surface area contributed by atoms with E-state index in [0.717, 1.165) is 62.5 Å². The molecule has 47 heavy (non-hydrogen) atoms. The van der Waals surface area contributed by atoms with Gasteiger partial charge in [0, 0.05) is 26.4 Å². The van der Waals surface area contributed by atoms with Gasteiger partial charge in [-0.25, -0.2) is 0 Å². The number of rotatable bonds is 22. The second kappa shape index (κ2) is 21.8. The maximum Gasteiger partial charge on any atom is 0.244 e. The van der Waals surface area contributed by atoms with E-state index in [1.54, 1.807) is 6.92 Å². The molecule has 0 fully saturated rings. The molecule has 4 amide bonds. The average molecular weight is 651 g/mol. The van der Waals surface area contributed by atoms with E-state index in [1.807, 2.05) is 73.3 Å². The van der Waals surface area contributed by atoms with Crippen molar-refractivity contribution < 1.29 is 23.9 Å². The van der Waals surface area contributed by atoms with E-state index in [-0.39, 0.29) is 24.2 Å². The molecule has 2 aromatic carbocycles. The maximum absolute atomic E-state index is 13.5. The molecule has 2 rings (SSSR count). The molecule has 260 valence electrons. The highest BCUT2D eigenvalue weighted by molar-refractivity contribution is 5.94. The Kier molecular flexibility index (Phi) is 18.3. The largest absolute Gasteiger partial charge is 0.489 e. The van der Waals surface area contributed by atoms with E-state index in [9.17, 15) is 19.2 Å². The lowest BCUT2D eigenvalue weighted by Crippen LogP contribution is -2.58. The first-order valence-electron chi connectivity index (χ1n) is 17.5. The number of carbonyl (C=O) groups is 4. The number of nitrogens with one attached hydrogen (secondary N) is 3. The third-order valence-electron chi connectivity index (χ3n) is 8.16. The van der Waals surface area contributed by atoms with E-state index in [1.165, 1.54) is 6.92 Å². The normalized spacial score (nSPS) is 12.9. The quantitative estimate of drug-likeness (QED) is 0.136. The molecule has 3 atom stereocenters. The maximum atomic E-state index is 13.5. The Hall–Kier alpha value is -3.88. The van der Waals surface area contributed by atoms with Crippen molar-refractivity contribution in [1.29, 1.82) is 0 Å². The van der Waals surface area contributed by atoms with Crippen molar-refractivity contribution in [1.82, 2.24) is 20.9 Å². The third kappa shape index (κ3) is 15.0. The molecule has 2 aromatic rings. The number of unbranched alkanes of at least 4 members (excludes halogenated alkanes) is 6. The van der Waals surface area contributed by atoms with Gasteiger partial charge in [-0.05, 0) is 48.9 Å². The summed E-state index contributed by atoms with van der Waals surface area (Å²) in [5, 5.41) is 8.44. The Morgan fingerprint density at radius 3 is 1.83 bits per heavy atom. The summed E-state index contributed by atoms with van der Waals surface area (Å²) in [4.78, 5) is 54.3. The molecular formula is C38H58N4O5. The summed E-state index contributed by atoms with van der Waals surface area (Å²) in [5.74, 6) is -0.903. The third-order valence-corrected chi connectivity index (χ3v) is 8.16. The number of hydrogen-bond donors (Lipinski definition) is 3. The fraction of sp³-hybridized carbons (Fsp3) is 0.579. The van der Waals surface area contributed by atoms with Crippen LogP contribution < -0.4 is 20.7 Å². The van der Waals surface area contributed by atoms with Crippen molar-refractivity contribution in [2.45, 2.75) is 124 Å². The van der Waals surface area contributed by atoms with Gasteiger partial charge in [-0.1, -0.05) is 109 Å². The molecule has 0 saturated carbocycles. The highest BCUT2D eigenvalue weighted by Crippen LogP contribution is 2.16. The molecule has 3 N–H and O–H groups in total. The Labute approximate surface area is 282 Å².